The van der Waals surface area contributed by atoms with Gasteiger partial charge in [-0.2, -0.15) is 0 Å². The molecule has 0 bridgehead atoms. The molecule has 0 unspecified atom stereocenters. The van der Waals surface area contributed by atoms with Crippen LogP contribution in [0.25, 0.3) is 0 Å². The molecule has 10 heavy (non-hydrogen) atoms. The van der Waals surface area contributed by atoms with Crippen LogP contribution in [0.15, 0.2) is 22.7 Å². The van der Waals surface area contributed by atoms with E-state index in [4.69, 9.17) is 0 Å². The zero-order chi connectivity index (χ0) is 7.56. The van der Waals surface area contributed by atoms with Gasteiger partial charge in [0.2, 0.25) is 0 Å². The molecule has 0 saturated carbocycles. The van der Waals surface area contributed by atoms with Crippen molar-refractivity contribution in [1.82, 2.24) is 0 Å². The van der Waals surface area contributed by atoms with Crippen molar-refractivity contribution in [3.8, 4) is 0 Å². The van der Waals surface area contributed by atoms with Crippen molar-refractivity contribution in [2.75, 3.05) is 12.4 Å². The van der Waals surface area contributed by atoms with E-state index < -0.39 is 0 Å². The van der Waals surface area contributed by atoms with Gasteiger partial charge in [0.05, 0.1) is 5.69 Å². The first-order valence-electron chi connectivity index (χ1n) is 2.87. The van der Waals surface area contributed by atoms with Crippen LogP contribution in [0.5, 0.6) is 0 Å². The predicted octanol–water partition coefficient (Wildman–Crippen LogP) is 2.63. The second kappa shape index (κ2) is 3.01. The Morgan fingerprint density at radius 2 is 2.20 bits per heavy atom. The molecule has 0 saturated heterocycles. The first-order valence-corrected chi connectivity index (χ1v) is 3.66. The fraction of sp³-hybridized carbons (Fsp3) is 0.143. The first kappa shape index (κ1) is 7.54. The van der Waals surface area contributed by atoms with Gasteiger partial charge in [-0.1, -0.05) is 15.9 Å². The lowest BCUT2D eigenvalue weighted by Crippen LogP contribution is -1.91. The number of halogens is 2. The molecule has 1 nitrogen and oxygen atoms in total. The highest BCUT2D eigenvalue weighted by Gasteiger charge is 1.97. The maximum atomic E-state index is 12.7. The third kappa shape index (κ3) is 1.48. The summed E-state index contributed by atoms with van der Waals surface area (Å²) in [6, 6.07) is 4.77. The average Bonchev–Trinajstić information content (AvgIpc) is 1.94. The SMILES string of the molecule is CNc1cc(Br)ccc1F. The Morgan fingerprint density at radius 1 is 1.50 bits per heavy atom. The van der Waals surface area contributed by atoms with E-state index in [1.54, 1.807) is 19.2 Å². The molecule has 0 fully saturated rings. The van der Waals surface area contributed by atoms with Gasteiger partial charge in [0.1, 0.15) is 5.82 Å². The van der Waals surface area contributed by atoms with Crippen LogP contribution in [0.2, 0.25) is 0 Å². The summed E-state index contributed by atoms with van der Waals surface area (Å²) in [6.45, 7) is 0. The van der Waals surface area contributed by atoms with E-state index in [0.29, 0.717) is 5.69 Å². The molecule has 0 aliphatic carbocycles. The van der Waals surface area contributed by atoms with Gasteiger partial charge in [0, 0.05) is 11.5 Å². The summed E-state index contributed by atoms with van der Waals surface area (Å²) in [5, 5.41) is 2.73. The molecule has 3 heteroatoms. The zero-order valence-corrected chi connectivity index (χ0v) is 7.07. The number of nitrogens with one attached hydrogen (secondary N) is 1. The normalized spacial score (nSPS) is 9.50. The molecule has 0 aliphatic heterocycles. The minimum absolute atomic E-state index is 0.231. The quantitative estimate of drug-likeness (QED) is 0.741. The van der Waals surface area contributed by atoms with E-state index in [2.05, 4.69) is 21.2 Å². The lowest BCUT2D eigenvalue weighted by Gasteiger charge is -2.00. The van der Waals surface area contributed by atoms with Crippen molar-refractivity contribution in [1.29, 1.82) is 0 Å². The van der Waals surface area contributed by atoms with Crippen LogP contribution in [0, 0.1) is 5.82 Å². The smallest absolute Gasteiger partial charge is 0.146 e. The van der Waals surface area contributed by atoms with E-state index in [9.17, 15) is 4.39 Å². The molecule has 0 amide bonds. The second-order valence-corrected chi connectivity index (χ2v) is 2.79. The van der Waals surface area contributed by atoms with E-state index in [0.717, 1.165) is 4.47 Å². The molecule has 1 aromatic carbocycles. The molecule has 0 aromatic heterocycles. The van der Waals surface area contributed by atoms with Crippen molar-refractivity contribution in [2.45, 2.75) is 0 Å². The standard InChI is InChI=1S/C7H7BrFN/c1-10-7-4-5(8)2-3-6(7)9/h2-4,10H,1H3. The van der Waals surface area contributed by atoms with Crippen molar-refractivity contribution in [3.05, 3.63) is 28.5 Å². The van der Waals surface area contributed by atoms with Crippen LogP contribution < -0.4 is 5.32 Å². The molecule has 54 valence electrons. The van der Waals surface area contributed by atoms with Crippen LogP contribution in [-0.4, -0.2) is 7.05 Å². The van der Waals surface area contributed by atoms with Crippen LogP contribution in [0.3, 0.4) is 0 Å². The molecule has 1 N–H and O–H groups in total. The third-order valence-corrected chi connectivity index (χ3v) is 1.69. The number of benzene rings is 1. The maximum Gasteiger partial charge on any atom is 0.146 e. The topological polar surface area (TPSA) is 12.0 Å². The van der Waals surface area contributed by atoms with Crippen LogP contribution in [-0.2, 0) is 0 Å². The Kier molecular flexibility index (Phi) is 2.27. The molecule has 0 atom stereocenters. The van der Waals surface area contributed by atoms with E-state index >= 15 is 0 Å². The average molecular weight is 204 g/mol. The van der Waals surface area contributed by atoms with Gasteiger partial charge in [-0.15, -0.1) is 0 Å². The summed E-state index contributed by atoms with van der Waals surface area (Å²) in [5.41, 5.74) is 0.509. The Hall–Kier alpha value is -0.570. The molecular formula is C7H7BrFN. The van der Waals surface area contributed by atoms with Gasteiger partial charge in [-0.3, -0.25) is 0 Å². The van der Waals surface area contributed by atoms with E-state index in [-0.39, 0.29) is 5.82 Å². The minimum atomic E-state index is -0.231. The number of hydrogen-bond acceptors (Lipinski definition) is 1. The summed E-state index contributed by atoms with van der Waals surface area (Å²) < 4.78 is 13.6. The molecule has 1 rings (SSSR count). The Bertz CT molecular complexity index is 237. The summed E-state index contributed by atoms with van der Waals surface area (Å²) in [7, 11) is 1.69. The predicted molar refractivity (Wildman–Crippen MR) is 43.6 cm³/mol. The van der Waals surface area contributed by atoms with Crippen LogP contribution in [0.4, 0.5) is 10.1 Å². The maximum absolute atomic E-state index is 12.7. The van der Waals surface area contributed by atoms with Gasteiger partial charge in [0.15, 0.2) is 0 Å². The number of anilines is 1. The van der Waals surface area contributed by atoms with Crippen molar-refractivity contribution < 1.29 is 4.39 Å². The fourth-order valence-electron chi connectivity index (χ4n) is 0.689. The second-order valence-electron chi connectivity index (χ2n) is 1.87. The monoisotopic (exact) mass is 203 g/mol. The molecule has 0 aliphatic rings. The lowest BCUT2D eigenvalue weighted by atomic mass is 10.3. The molecule has 1 aromatic rings. The minimum Gasteiger partial charge on any atom is -0.386 e. The highest BCUT2D eigenvalue weighted by atomic mass is 79.9. The third-order valence-electron chi connectivity index (χ3n) is 1.20. The zero-order valence-electron chi connectivity index (χ0n) is 5.49. The highest BCUT2D eigenvalue weighted by molar-refractivity contribution is 9.10. The van der Waals surface area contributed by atoms with Gasteiger partial charge in [-0.25, -0.2) is 4.39 Å². The van der Waals surface area contributed by atoms with Crippen LogP contribution >= 0.6 is 15.9 Å². The summed E-state index contributed by atoms with van der Waals surface area (Å²) in [4.78, 5) is 0. The van der Waals surface area contributed by atoms with Crippen molar-refractivity contribution in [2.24, 2.45) is 0 Å². The summed E-state index contributed by atoms with van der Waals surface area (Å²) >= 11 is 3.23. The van der Waals surface area contributed by atoms with Crippen molar-refractivity contribution >= 4 is 21.6 Å². The number of hydrogen-bond donors (Lipinski definition) is 1. The molecule has 0 spiro atoms. The fourth-order valence-corrected chi connectivity index (χ4v) is 1.05. The van der Waals surface area contributed by atoms with Crippen LogP contribution in [0.1, 0.15) is 0 Å². The summed E-state index contributed by atoms with van der Waals surface area (Å²) in [5.74, 6) is -0.231. The Labute approximate surface area is 67.4 Å². The Morgan fingerprint density at radius 3 is 2.70 bits per heavy atom. The summed E-state index contributed by atoms with van der Waals surface area (Å²) in [6.07, 6.45) is 0. The van der Waals surface area contributed by atoms with Gasteiger partial charge in [0.25, 0.3) is 0 Å². The molecular weight excluding hydrogens is 197 g/mol. The largest absolute Gasteiger partial charge is 0.386 e. The lowest BCUT2D eigenvalue weighted by molar-refractivity contribution is 0.631. The first-order chi connectivity index (χ1) is 4.74. The Balaban J connectivity index is 3.09. The highest BCUT2D eigenvalue weighted by Crippen LogP contribution is 2.18. The molecule has 0 radical (unpaired) electrons. The van der Waals surface area contributed by atoms with Gasteiger partial charge >= 0.3 is 0 Å². The van der Waals surface area contributed by atoms with Gasteiger partial charge < -0.3 is 5.32 Å². The van der Waals surface area contributed by atoms with E-state index in [1.165, 1.54) is 6.07 Å². The van der Waals surface area contributed by atoms with E-state index in [1.807, 2.05) is 0 Å². The number of rotatable bonds is 1. The van der Waals surface area contributed by atoms with Crippen molar-refractivity contribution in [3.63, 3.8) is 0 Å². The molecule has 0 heterocycles. The van der Waals surface area contributed by atoms with Gasteiger partial charge in [-0.05, 0) is 18.2 Å².